The lowest BCUT2D eigenvalue weighted by atomic mass is 9.97. The smallest absolute Gasteiger partial charge is 0.279 e. The van der Waals surface area contributed by atoms with E-state index in [2.05, 4.69) is 23.9 Å². The van der Waals surface area contributed by atoms with Gasteiger partial charge in [0.05, 0.1) is 11.6 Å². The molecule has 1 aliphatic rings. The molecule has 1 fully saturated rings. The van der Waals surface area contributed by atoms with E-state index in [0.717, 1.165) is 13.0 Å². The minimum Gasteiger partial charge on any atom is -0.376 e. The Morgan fingerprint density at radius 2 is 2.10 bits per heavy atom. The predicted octanol–water partition coefficient (Wildman–Crippen LogP) is 0.708. The Labute approximate surface area is 123 Å². The van der Waals surface area contributed by atoms with Gasteiger partial charge < -0.3 is 10.1 Å². The van der Waals surface area contributed by atoms with Crippen LogP contribution >= 0.6 is 0 Å². The van der Waals surface area contributed by atoms with Gasteiger partial charge in [0, 0.05) is 26.2 Å². The van der Waals surface area contributed by atoms with Crippen LogP contribution in [0.2, 0.25) is 0 Å². The maximum atomic E-state index is 12.3. The van der Waals surface area contributed by atoms with Gasteiger partial charge in [0.25, 0.3) is 10.2 Å². The largest absolute Gasteiger partial charge is 0.376 e. The van der Waals surface area contributed by atoms with Gasteiger partial charge in [0.2, 0.25) is 0 Å². The second kappa shape index (κ2) is 7.17. The first kappa shape index (κ1) is 17.8. The third-order valence-corrected chi connectivity index (χ3v) is 5.59. The Morgan fingerprint density at radius 1 is 1.45 bits per heavy atom. The fourth-order valence-corrected chi connectivity index (χ4v) is 3.54. The van der Waals surface area contributed by atoms with Crippen molar-refractivity contribution in [3.05, 3.63) is 0 Å². The van der Waals surface area contributed by atoms with Crippen LogP contribution in [0, 0.1) is 0 Å². The van der Waals surface area contributed by atoms with Gasteiger partial charge in [-0.3, -0.25) is 0 Å². The molecule has 0 aromatic rings. The SMILES string of the molecule is CC(C)NCCCN(C)S(=O)(=O)NC1(C)CCOC1C. The maximum Gasteiger partial charge on any atom is 0.279 e. The van der Waals surface area contributed by atoms with E-state index in [9.17, 15) is 8.42 Å². The average molecular weight is 307 g/mol. The molecule has 0 aromatic carbocycles. The van der Waals surface area contributed by atoms with Crippen molar-refractivity contribution in [1.82, 2.24) is 14.3 Å². The highest BCUT2D eigenvalue weighted by molar-refractivity contribution is 7.87. The number of hydrogen-bond acceptors (Lipinski definition) is 4. The third-order valence-electron chi connectivity index (χ3n) is 3.86. The van der Waals surface area contributed by atoms with Gasteiger partial charge in [-0.1, -0.05) is 13.8 Å². The van der Waals surface area contributed by atoms with E-state index in [1.165, 1.54) is 4.31 Å². The summed E-state index contributed by atoms with van der Waals surface area (Å²) >= 11 is 0. The monoisotopic (exact) mass is 307 g/mol. The highest BCUT2D eigenvalue weighted by Gasteiger charge is 2.41. The summed E-state index contributed by atoms with van der Waals surface area (Å²) in [6.07, 6.45) is 1.39. The van der Waals surface area contributed by atoms with Gasteiger partial charge in [0.15, 0.2) is 0 Å². The zero-order chi connectivity index (χ0) is 15.4. The van der Waals surface area contributed by atoms with Gasteiger partial charge in [-0.15, -0.1) is 0 Å². The first-order chi connectivity index (χ1) is 9.17. The molecule has 0 spiro atoms. The molecule has 1 saturated heterocycles. The summed E-state index contributed by atoms with van der Waals surface area (Å²) in [5.41, 5.74) is -0.511. The molecule has 0 saturated carbocycles. The van der Waals surface area contributed by atoms with E-state index in [4.69, 9.17) is 4.74 Å². The summed E-state index contributed by atoms with van der Waals surface area (Å²) in [7, 11) is -1.85. The minimum absolute atomic E-state index is 0.103. The van der Waals surface area contributed by atoms with Crippen LogP contribution in [0.3, 0.4) is 0 Å². The lowest BCUT2D eigenvalue weighted by Crippen LogP contribution is -2.54. The Bertz CT molecular complexity index is 400. The van der Waals surface area contributed by atoms with E-state index >= 15 is 0 Å². The second-order valence-electron chi connectivity index (χ2n) is 6.07. The van der Waals surface area contributed by atoms with Crippen molar-refractivity contribution >= 4 is 10.2 Å². The fourth-order valence-electron chi connectivity index (χ4n) is 2.15. The Hall–Kier alpha value is -0.210. The highest BCUT2D eigenvalue weighted by Crippen LogP contribution is 2.26. The molecule has 1 aliphatic heterocycles. The zero-order valence-corrected chi connectivity index (χ0v) is 14.1. The van der Waals surface area contributed by atoms with Crippen molar-refractivity contribution in [3.63, 3.8) is 0 Å². The Kier molecular flexibility index (Phi) is 6.40. The first-order valence-electron chi connectivity index (χ1n) is 7.27. The van der Waals surface area contributed by atoms with Crippen molar-refractivity contribution in [1.29, 1.82) is 0 Å². The lowest BCUT2D eigenvalue weighted by molar-refractivity contribution is 0.0952. The fraction of sp³-hybridized carbons (Fsp3) is 1.00. The number of nitrogens with zero attached hydrogens (tertiary/aromatic N) is 1. The molecule has 2 unspecified atom stereocenters. The van der Waals surface area contributed by atoms with Crippen LogP contribution in [0.15, 0.2) is 0 Å². The zero-order valence-electron chi connectivity index (χ0n) is 13.3. The van der Waals surface area contributed by atoms with Crippen molar-refractivity contribution in [2.45, 2.75) is 58.2 Å². The standard InChI is InChI=1S/C13H29N3O3S/c1-11(2)14-8-6-9-16(5)20(17,18)15-13(4)7-10-19-12(13)3/h11-12,14-15H,6-10H2,1-5H3. The van der Waals surface area contributed by atoms with E-state index < -0.39 is 15.7 Å². The number of nitrogens with one attached hydrogen (secondary N) is 2. The van der Waals surface area contributed by atoms with Crippen LogP contribution < -0.4 is 10.0 Å². The topological polar surface area (TPSA) is 70.7 Å². The molecule has 1 heterocycles. The molecule has 1 rings (SSSR count). The van der Waals surface area contributed by atoms with Gasteiger partial charge in [-0.05, 0) is 33.2 Å². The van der Waals surface area contributed by atoms with E-state index in [1.54, 1.807) is 7.05 Å². The minimum atomic E-state index is -3.46. The molecule has 7 heteroatoms. The van der Waals surface area contributed by atoms with Crippen molar-refractivity contribution < 1.29 is 13.2 Å². The van der Waals surface area contributed by atoms with Gasteiger partial charge in [-0.25, -0.2) is 0 Å². The van der Waals surface area contributed by atoms with Crippen LogP contribution in [-0.2, 0) is 14.9 Å². The summed E-state index contributed by atoms with van der Waals surface area (Å²) in [6.45, 7) is 9.87. The Morgan fingerprint density at radius 3 is 2.60 bits per heavy atom. The molecular formula is C13H29N3O3S. The van der Waals surface area contributed by atoms with E-state index in [-0.39, 0.29) is 6.10 Å². The summed E-state index contributed by atoms with van der Waals surface area (Å²) in [5.74, 6) is 0. The van der Waals surface area contributed by atoms with Gasteiger partial charge in [-0.2, -0.15) is 17.4 Å². The third kappa shape index (κ3) is 4.96. The quantitative estimate of drug-likeness (QED) is 0.648. The average Bonchev–Trinajstić information content (AvgIpc) is 2.63. The molecular weight excluding hydrogens is 278 g/mol. The maximum absolute atomic E-state index is 12.3. The van der Waals surface area contributed by atoms with Crippen LogP contribution in [-0.4, -0.2) is 57.2 Å². The summed E-state index contributed by atoms with van der Waals surface area (Å²) < 4.78 is 34.2. The van der Waals surface area contributed by atoms with Crippen LogP contribution in [0.1, 0.15) is 40.5 Å². The molecule has 20 heavy (non-hydrogen) atoms. The Balaban J connectivity index is 2.47. The number of hydrogen-bond donors (Lipinski definition) is 2. The molecule has 2 atom stereocenters. The lowest BCUT2D eigenvalue weighted by Gasteiger charge is -2.31. The molecule has 2 N–H and O–H groups in total. The summed E-state index contributed by atoms with van der Waals surface area (Å²) in [6, 6.07) is 0.422. The number of ether oxygens (including phenoxy) is 1. The second-order valence-corrected chi connectivity index (χ2v) is 7.85. The van der Waals surface area contributed by atoms with Crippen LogP contribution in [0.5, 0.6) is 0 Å². The molecule has 0 bridgehead atoms. The summed E-state index contributed by atoms with van der Waals surface area (Å²) in [5, 5.41) is 3.28. The molecule has 0 aromatic heterocycles. The van der Waals surface area contributed by atoms with Crippen molar-refractivity contribution in [3.8, 4) is 0 Å². The first-order valence-corrected chi connectivity index (χ1v) is 8.71. The number of rotatable bonds is 8. The molecule has 0 aliphatic carbocycles. The predicted molar refractivity (Wildman–Crippen MR) is 80.9 cm³/mol. The normalized spacial score (nSPS) is 27.6. The van der Waals surface area contributed by atoms with Gasteiger partial charge in [0.1, 0.15) is 0 Å². The van der Waals surface area contributed by atoms with E-state index in [1.807, 2.05) is 13.8 Å². The molecule has 0 radical (unpaired) electrons. The van der Waals surface area contributed by atoms with E-state index in [0.29, 0.717) is 25.6 Å². The van der Waals surface area contributed by atoms with Crippen LogP contribution in [0.25, 0.3) is 0 Å². The highest BCUT2D eigenvalue weighted by atomic mass is 32.2. The van der Waals surface area contributed by atoms with Crippen molar-refractivity contribution in [2.75, 3.05) is 26.7 Å². The molecule has 120 valence electrons. The van der Waals surface area contributed by atoms with Crippen LogP contribution in [0.4, 0.5) is 0 Å². The molecule has 6 nitrogen and oxygen atoms in total. The summed E-state index contributed by atoms with van der Waals surface area (Å²) in [4.78, 5) is 0. The van der Waals surface area contributed by atoms with Crippen molar-refractivity contribution in [2.24, 2.45) is 0 Å². The van der Waals surface area contributed by atoms with Gasteiger partial charge >= 0.3 is 0 Å². The molecule has 0 amide bonds.